The van der Waals surface area contributed by atoms with E-state index in [1.165, 1.54) is 6.07 Å². The van der Waals surface area contributed by atoms with Crippen molar-refractivity contribution in [2.45, 2.75) is 45.6 Å². The highest BCUT2D eigenvalue weighted by atomic mass is 19.1. The molecule has 0 heterocycles. The lowest BCUT2D eigenvalue weighted by Gasteiger charge is -2.36. The van der Waals surface area contributed by atoms with Gasteiger partial charge in [-0.25, -0.2) is 4.39 Å². The number of hydrogen-bond acceptors (Lipinski definition) is 3. The zero-order valence-corrected chi connectivity index (χ0v) is 13.0. The molecule has 1 aromatic rings. The zero-order chi connectivity index (χ0) is 15.2. The monoisotopic (exact) mass is 282 g/mol. The van der Waals surface area contributed by atoms with Crippen LogP contribution in [0.4, 0.5) is 10.1 Å². The molecule has 0 bridgehead atoms. The second kappa shape index (κ2) is 7.48. The van der Waals surface area contributed by atoms with Gasteiger partial charge in [0.1, 0.15) is 11.6 Å². The first-order valence-corrected chi connectivity index (χ1v) is 7.32. The van der Waals surface area contributed by atoms with Crippen LogP contribution in [0.5, 0.6) is 5.75 Å². The number of anilines is 1. The predicted molar refractivity (Wildman–Crippen MR) is 82.7 cm³/mol. The Kier molecular flexibility index (Phi) is 6.27. The van der Waals surface area contributed by atoms with Crippen LogP contribution in [0.25, 0.3) is 0 Å². The number of benzene rings is 1. The van der Waals surface area contributed by atoms with Crippen LogP contribution in [0.15, 0.2) is 18.2 Å². The molecule has 1 rings (SSSR count). The lowest BCUT2D eigenvalue weighted by atomic mass is 9.84. The highest BCUT2D eigenvalue weighted by Crippen LogP contribution is 2.30. The molecule has 2 unspecified atom stereocenters. The van der Waals surface area contributed by atoms with Crippen molar-refractivity contribution in [3.8, 4) is 5.75 Å². The Labute approximate surface area is 121 Å². The van der Waals surface area contributed by atoms with Gasteiger partial charge in [0, 0.05) is 18.2 Å². The Bertz CT molecular complexity index is 419. The molecule has 0 saturated heterocycles. The van der Waals surface area contributed by atoms with Crippen molar-refractivity contribution in [3.05, 3.63) is 24.0 Å². The number of nitrogens with one attached hydrogen (secondary N) is 1. The largest absolute Gasteiger partial charge is 0.497 e. The van der Waals surface area contributed by atoms with E-state index in [-0.39, 0.29) is 11.4 Å². The molecule has 1 aromatic carbocycles. The van der Waals surface area contributed by atoms with Gasteiger partial charge in [-0.1, -0.05) is 27.2 Å². The summed E-state index contributed by atoms with van der Waals surface area (Å²) in [5.41, 5.74) is 6.16. The first kappa shape index (κ1) is 16.8. The number of hydrogen-bond donors (Lipinski definition) is 2. The molecule has 0 amide bonds. The molecule has 0 aliphatic carbocycles. The summed E-state index contributed by atoms with van der Waals surface area (Å²) in [7, 11) is 1.58. The van der Waals surface area contributed by atoms with Gasteiger partial charge >= 0.3 is 0 Å². The number of halogens is 1. The minimum absolute atomic E-state index is 0.275. The van der Waals surface area contributed by atoms with Crippen LogP contribution in [-0.4, -0.2) is 19.2 Å². The van der Waals surface area contributed by atoms with E-state index in [0.717, 1.165) is 19.3 Å². The minimum atomic E-state index is -0.277. The van der Waals surface area contributed by atoms with Gasteiger partial charge in [-0.05, 0) is 30.9 Å². The van der Waals surface area contributed by atoms with E-state index in [9.17, 15) is 4.39 Å². The van der Waals surface area contributed by atoms with Gasteiger partial charge in [0.05, 0.1) is 12.8 Å². The van der Waals surface area contributed by atoms with Crippen LogP contribution in [0.2, 0.25) is 0 Å². The smallest absolute Gasteiger partial charge is 0.146 e. The summed E-state index contributed by atoms with van der Waals surface area (Å²) in [5.74, 6) is 0.903. The van der Waals surface area contributed by atoms with E-state index in [0.29, 0.717) is 23.9 Å². The van der Waals surface area contributed by atoms with Crippen LogP contribution >= 0.6 is 0 Å². The average Bonchev–Trinajstić information content (AvgIpc) is 2.48. The standard InChI is InChI=1S/C16H27FN2O/c1-5-12(3)10-16(6-2,11-18)19-15-9-13(20-4)7-8-14(15)17/h7-9,12,19H,5-6,10-11,18H2,1-4H3. The molecule has 0 spiro atoms. The second-order valence-electron chi connectivity index (χ2n) is 5.53. The van der Waals surface area contributed by atoms with E-state index in [4.69, 9.17) is 10.5 Å². The summed E-state index contributed by atoms with van der Waals surface area (Å²) < 4.78 is 19.1. The lowest BCUT2D eigenvalue weighted by Crippen LogP contribution is -2.46. The molecule has 3 nitrogen and oxygen atoms in total. The van der Waals surface area contributed by atoms with Crippen LogP contribution in [0.1, 0.15) is 40.0 Å². The molecule has 3 N–H and O–H groups in total. The first-order valence-electron chi connectivity index (χ1n) is 7.32. The van der Waals surface area contributed by atoms with Crippen molar-refractivity contribution in [2.75, 3.05) is 19.0 Å². The third-order valence-corrected chi connectivity index (χ3v) is 4.08. The fourth-order valence-electron chi connectivity index (χ4n) is 2.39. The molecule has 0 saturated carbocycles. The molecule has 4 heteroatoms. The van der Waals surface area contributed by atoms with Crippen molar-refractivity contribution in [2.24, 2.45) is 11.7 Å². The van der Waals surface area contributed by atoms with Gasteiger partial charge in [0.15, 0.2) is 0 Å². The molecular weight excluding hydrogens is 255 g/mol. The Balaban J connectivity index is 3.00. The number of rotatable bonds is 8. The van der Waals surface area contributed by atoms with E-state index in [2.05, 4.69) is 26.1 Å². The first-order chi connectivity index (χ1) is 9.50. The summed E-state index contributed by atoms with van der Waals surface area (Å²) in [6.07, 6.45) is 2.86. The normalized spacial score (nSPS) is 15.5. The summed E-state index contributed by atoms with van der Waals surface area (Å²) in [6, 6.07) is 4.72. The van der Waals surface area contributed by atoms with Gasteiger partial charge in [-0.2, -0.15) is 0 Å². The van der Waals surface area contributed by atoms with Crippen LogP contribution < -0.4 is 15.8 Å². The van der Waals surface area contributed by atoms with Gasteiger partial charge in [-0.15, -0.1) is 0 Å². The topological polar surface area (TPSA) is 47.3 Å². The van der Waals surface area contributed by atoms with Crippen LogP contribution in [-0.2, 0) is 0 Å². The highest BCUT2D eigenvalue weighted by Gasteiger charge is 2.29. The van der Waals surface area contributed by atoms with E-state index >= 15 is 0 Å². The van der Waals surface area contributed by atoms with Crippen molar-refractivity contribution >= 4 is 5.69 Å². The van der Waals surface area contributed by atoms with Crippen molar-refractivity contribution in [1.29, 1.82) is 0 Å². The van der Waals surface area contributed by atoms with E-state index in [1.807, 2.05) is 0 Å². The molecule has 2 atom stereocenters. The average molecular weight is 282 g/mol. The summed E-state index contributed by atoms with van der Waals surface area (Å²) in [5, 5.41) is 3.32. The van der Waals surface area contributed by atoms with Crippen LogP contribution in [0, 0.1) is 11.7 Å². The van der Waals surface area contributed by atoms with E-state index in [1.54, 1.807) is 19.2 Å². The Morgan fingerprint density at radius 1 is 1.40 bits per heavy atom. The maximum atomic E-state index is 14.0. The minimum Gasteiger partial charge on any atom is -0.497 e. The molecule has 0 aliphatic rings. The highest BCUT2D eigenvalue weighted by molar-refractivity contribution is 5.51. The van der Waals surface area contributed by atoms with Gasteiger partial charge in [0.2, 0.25) is 0 Å². The quantitative estimate of drug-likeness (QED) is 0.762. The Morgan fingerprint density at radius 2 is 2.10 bits per heavy atom. The predicted octanol–water partition coefficient (Wildman–Crippen LogP) is 3.79. The summed E-state index contributed by atoms with van der Waals surface area (Å²) in [6.45, 7) is 6.92. The third-order valence-electron chi connectivity index (χ3n) is 4.08. The molecular formula is C16H27FN2O. The number of ether oxygens (including phenoxy) is 1. The van der Waals surface area contributed by atoms with Crippen LogP contribution in [0.3, 0.4) is 0 Å². The van der Waals surface area contributed by atoms with Gasteiger partial charge < -0.3 is 15.8 Å². The number of nitrogens with two attached hydrogens (primary N) is 1. The molecule has 114 valence electrons. The van der Waals surface area contributed by atoms with Crippen molar-refractivity contribution in [3.63, 3.8) is 0 Å². The van der Waals surface area contributed by atoms with Gasteiger partial charge in [0.25, 0.3) is 0 Å². The van der Waals surface area contributed by atoms with Crippen molar-refractivity contribution in [1.82, 2.24) is 0 Å². The lowest BCUT2D eigenvalue weighted by molar-refractivity contribution is 0.345. The molecule has 0 fully saturated rings. The fourth-order valence-corrected chi connectivity index (χ4v) is 2.39. The van der Waals surface area contributed by atoms with Gasteiger partial charge in [-0.3, -0.25) is 0 Å². The number of methoxy groups -OCH3 is 1. The Hall–Kier alpha value is -1.29. The maximum Gasteiger partial charge on any atom is 0.146 e. The fraction of sp³-hybridized carbons (Fsp3) is 0.625. The Morgan fingerprint density at radius 3 is 2.60 bits per heavy atom. The summed E-state index contributed by atoms with van der Waals surface area (Å²) in [4.78, 5) is 0. The second-order valence-corrected chi connectivity index (χ2v) is 5.53. The molecule has 20 heavy (non-hydrogen) atoms. The van der Waals surface area contributed by atoms with E-state index < -0.39 is 0 Å². The van der Waals surface area contributed by atoms with Crippen molar-refractivity contribution < 1.29 is 9.13 Å². The zero-order valence-electron chi connectivity index (χ0n) is 13.0. The maximum absolute atomic E-state index is 14.0. The summed E-state index contributed by atoms with van der Waals surface area (Å²) >= 11 is 0. The molecule has 0 radical (unpaired) electrons. The molecule has 0 aromatic heterocycles. The third kappa shape index (κ3) is 4.10. The molecule has 0 aliphatic heterocycles. The SMILES string of the molecule is CCC(C)CC(CC)(CN)Nc1cc(OC)ccc1F.